The molecular formula is C17H20N2O2. The Balaban J connectivity index is 2.19. The van der Waals surface area contributed by atoms with E-state index >= 15 is 0 Å². The number of rotatable bonds is 5. The second kappa shape index (κ2) is 6.90. The Morgan fingerprint density at radius 1 is 1.14 bits per heavy atom. The zero-order valence-corrected chi connectivity index (χ0v) is 12.3. The average molecular weight is 284 g/mol. The normalized spacial score (nSPS) is 10.2. The first-order valence-electron chi connectivity index (χ1n) is 6.91. The number of hydrogen-bond donors (Lipinski definition) is 2. The second-order valence-electron chi connectivity index (χ2n) is 4.96. The first-order valence-corrected chi connectivity index (χ1v) is 6.91. The lowest BCUT2D eigenvalue weighted by atomic mass is 10.1. The molecule has 0 atom stereocenters. The zero-order chi connectivity index (χ0) is 15.2. The van der Waals surface area contributed by atoms with E-state index in [9.17, 15) is 4.79 Å². The minimum Gasteiger partial charge on any atom is -0.490 e. The highest BCUT2D eigenvalue weighted by Gasteiger charge is 2.10. The third-order valence-electron chi connectivity index (χ3n) is 2.99. The van der Waals surface area contributed by atoms with Crippen LogP contribution in [-0.4, -0.2) is 19.1 Å². The van der Waals surface area contributed by atoms with Gasteiger partial charge in [0.05, 0.1) is 5.69 Å². The number of hydrogen-bond acceptors (Lipinski definition) is 3. The van der Waals surface area contributed by atoms with Gasteiger partial charge in [0.25, 0.3) is 5.91 Å². The van der Waals surface area contributed by atoms with E-state index < -0.39 is 0 Å². The lowest BCUT2D eigenvalue weighted by Crippen LogP contribution is -2.15. The molecule has 21 heavy (non-hydrogen) atoms. The van der Waals surface area contributed by atoms with Crippen molar-refractivity contribution >= 4 is 11.6 Å². The smallest absolute Gasteiger partial charge is 0.255 e. The van der Waals surface area contributed by atoms with E-state index in [2.05, 4.69) is 5.32 Å². The lowest BCUT2D eigenvalue weighted by Gasteiger charge is -2.12. The molecule has 0 aliphatic carbocycles. The molecule has 2 aromatic carbocycles. The van der Waals surface area contributed by atoms with Crippen molar-refractivity contribution in [3.8, 4) is 5.75 Å². The lowest BCUT2D eigenvalue weighted by molar-refractivity contribution is 0.102. The minimum atomic E-state index is -0.148. The molecule has 0 bridgehead atoms. The summed E-state index contributed by atoms with van der Waals surface area (Å²) < 4.78 is 5.53. The van der Waals surface area contributed by atoms with Gasteiger partial charge in [0, 0.05) is 12.1 Å². The van der Waals surface area contributed by atoms with Gasteiger partial charge in [-0.2, -0.15) is 0 Å². The number of carbonyl (C=O) groups excluding carboxylic acids is 1. The summed E-state index contributed by atoms with van der Waals surface area (Å²) in [6.45, 7) is 4.79. The van der Waals surface area contributed by atoms with Gasteiger partial charge in [-0.3, -0.25) is 4.79 Å². The third-order valence-corrected chi connectivity index (χ3v) is 2.99. The summed E-state index contributed by atoms with van der Waals surface area (Å²) in [4.78, 5) is 12.4. The van der Waals surface area contributed by atoms with E-state index in [4.69, 9.17) is 10.5 Å². The summed E-state index contributed by atoms with van der Waals surface area (Å²) in [5, 5.41) is 2.89. The molecule has 2 aromatic rings. The molecular weight excluding hydrogens is 264 g/mol. The monoisotopic (exact) mass is 284 g/mol. The molecule has 3 N–H and O–H groups in total. The Morgan fingerprint density at radius 2 is 1.81 bits per heavy atom. The Hall–Kier alpha value is -2.33. The SMILES string of the molecule is Cc1cc(C)cc(C(=O)Nc2ccccc2OCCN)c1. The molecule has 0 saturated carbocycles. The molecule has 0 heterocycles. The third kappa shape index (κ3) is 4.07. The van der Waals surface area contributed by atoms with Crippen molar-refractivity contribution in [1.29, 1.82) is 0 Å². The zero-order valence-electron chi connectivity index (χ0n) is 12.3. The maximum atomic E-state index is 12.4. The van der Waals surface area contributed by atoms with Gasteiger partial charge in [0.2, 0.25) is 0 Å². The number of aryl methyl sites for hydroxylation is 2. The maximum absolute atomic E-state index is 12.4. The summed E-state index contributed by atoms with van der Waals surface area (Å²) in [6, 6.07) is 13.1. The van der Waals surface area contributed by atoms with Gasteiger partial charge in [-0.15, -0.1) is 0 Å². The molecule has 0 aromatic heterocycles. The molecule has 1 amide bonds. The standard InChI is InChI=1S/C17H20N2O2/c1-12-9-13(2)11-14(10-12)17(20)19-15-5-3-4-6-16(15)21-8-7-18/h3-6,9-11H,7-8,18H2,1-2H3,(H,19,20). The Morgan fingerprint density at radius 3 is 2.48 bits per heavy atom. The maximum Gasteiger partial charge on any atom is 0.255 e. The average Bonchev–Trinajstić information content (AvgIpc) is 2.45. The number of amides is 1. The minimum absolute atomic E-state index is 0.148. The van der Waals surface area contributed by atoms with Gasteiger partial charge >= 0.3 is 0 Å². The molecule has 0 saturated heterocycles. The van der Waals surface area contributed by atoms with Crippen molar-refractivity contribution < 1.29 is 9.53 Å². The second-order valence-corrected chi connectivity index (χ2v) is 4.96. The van der Waals surface area contributed by atoms with Crippen molar-refractivity contribution in [3.63, 3.8) is 0 Å². The van der Waals surface area contributed by atoms with E-state index in [1.54, 1.807) is 0 Å². The van der Waals surface area contributed by atoms with Gasteiger partial charge in [-0.25, -0.2) is 0 Å². The van der Waals surface area contributed by atoms with E-state index in [-0.39, 0.29) is 5.91 Å². The molecule has 4 nitrogen and oxygen atoms in total. The van der Waals surface area contributed by atoms with Gasteiger partial charge in [-0.05, 0) is 38.1 Å². The number of para-hydroxylation sites is 2. The highest BCUT2D eigenvalue weighted by Crippen LogP contribution is 2.24. The van der Waals surface area contributed by atoms with Crippen LogP contribution in [0.4, 0.5) is 5.69 Å². The van der Waals surface area contributed by atoms with E-state index in [1.807, 2.05) is 56.3 Å². The Kier molecular flexibility index (Phi) is 4.95. The van der Waals surface area contributed by atoms with Crippen LogP contribution >= 0.6 is 0 Å². The quantitative estimate of drug-likeness (QED) is 0.887. The summed E-state index contributed by atoms with van der Waals surface area (Å²) in [5.74, 6) is 0.478. The van der Waals surface area contributed by atoms with Crippen LogP contribution in [-0.2, 0) is 0 Å². The first-order chi connectivity index (χ1) is 10.1. The molecule has 0 aliphatic rings. The van der Waals surface area contributed by atoms with E-state index in [0.717, 1.165) is 11.1 Å². The predicted molar refractivity (Wildman–Crippen MR) is 84.9 cm³/mol. The molecule has 0 fully saturated rings. The highest BCUT2D eigenvalue weighted by molar-refractivity contribution is 6.05. The van der Waals surface area contributed by atoms with E-state index in [0.29, 0.717) is 30.2 Å². The van der Waals surface area contributed by atoms with Gasteiger partial charge in [0.1, 0.15) is 12.4 Å². The number of benzene rings is 2. The molecule has 110 valence electrons. The summed E-state index contributed by atoms with van der Waals surface area (Å²) in [5.41, 5.74) is 8.85. The van der Waals surface area contributed by atoms with Crippen LogP contribution in [0.15, 0.2) is 42.5 Å². The molecule has 0 unspecified atom stereocenters. The predicted octanol–water partition coefficient (Wildman–Crippen LogP) is 2.89. The molecule has 0 radical (unpaired) electrons. The summed E-state index contributed by atoms with van der Waals surface area (Å²) in [7, 11) is 0. The number of nitrogens with two attached hydrogens (primary N) is 1. The first kappa shape index (κ1) is 15.1. The van der Waals surface area contributed by atoms with Crippen molar-refractivity contribution in [2.45, 2.75) is 13.8 Å². The number of nitrogens with one attached hydrogen (secondary N) is 1. The molecule has 0 aliphatic heterocycles. The van der Waals surface area contributed by atoms with Crippen LogP contribution in [0.5, 0.6) is 5.75 Å². The Labute approximate surface area is 124 Å². The van der Waals surface area contributed by atoms with Crippen molar-refractivity contribution in [2.24, 2.45) is 5.73 Å². The molecule has 4 heteroatoms. The summed E-state index contributed by atoms with van der Waals surface area (Å²) in [6.07, 6.45) is 0. The molecule has 0 spiro atoms. The van der Waals surface area contributed by atoms with Crippen molar-refractivity contribution in [1.82, 2.24) is 0 Å². The van der Waals surface area contributed by atoms with E-state index in [1.165, 1.54) is 0 Å². The fourth-order valence-corrected chi connectivity index (χ4v) is 2.16. The highest BCUT2D eigenvalue weighted by atomic mass is 16.5. The number of carbonyl (C=O) groups is 1. The molecule has 2 rings (SSSR count). The van der Waals surface area contributed by atoms with Crippen LogP contribution in [0.25, 0.3) is 0 Å². The van der Waals surface area contributed by atoms with Gasteiger partial charge in [0.15, 0.2) is 0 Å². The summed E-state index contributed by atoms with van der Waals surface area (Å²) >= 11 is 0. The van der Waals surface area contributed by atoms with Gasteiger partial charge in [-0.1, -0.05) is 29.3 Å². The largest absolute Gasteiger partial charge is 0.490 e. The van der Waals surface area contributed by atoms with Crippen LogP contribution in [0.2, 0.25) is 0 Å². The fourth-order valence-electron chi connectivity index (χ4n) is 2.16. The van der Waals surface area contributed by atoms with Crippen LogP contribution in [0, 0.1) is 13.8 Å². The number of anilines is 1. The topological polar surface area (TPSA) is 64.3 Å². The number of ether oxygens (including phenoxy) is 1. The van der Waals surface area contributed by atoms with Crippen molar-refractivity contribution in [3.05, 3.63) is 59.2 Å². The fraction of sp³-hybridized carbons (Fsp3) is 0.235. The van der Waals surface area contributed by atoms with Crippen LogP contribution in [0.3, 0.4) is 0 Å². The van der Waals surface area contributed by atoms with Crippen LogP contribution < -0.4 is 15.8 Å². The van der Waals surface area contributed by atoms with Crippen LogP contribution in [0.1, 0.15) is 21.5 Å². The van der Waals surface area contributed by atoms with Gasteiger partial charge < -0.3 is 15.8 Å². The Bertz CT molecular complexity index is 618. The van der Waals surface area contributed by atoms with Crippen molar-refractivity contribution in [2.75, 3.05) is 18.5 Å².